The third-order valence-corrected chi connectivity index (χ3v) is 5.05. The highest BCUT2D eigenvalue weighted by Crippen LogP contribution is 2.35. The van der Waals surface area contributed by atoms with Crippen molar-refractivity contribution >= 4 is 27.9 Å². The number of carbonyl (C=O) groups excluding carboxylic acids is 1. The van der Waals surface area contributed by atoms with Crippen LogP contribution in [0.15, 0.2) is 6.07 Å². The number of nitrogens with zero attached hydrogens (tertiary/aromatic N) is 2. The molecule has 2 heterocycles. The Morgan fingerprint density at radius 3 is 2.63 bits per heavy atom. The van der Waals surface area contributed by atoms with E-state index >= 15 is 0 Å². The van der Waals surface area contributed by atoms with E-state index in [1.54, 1.807) is 19.0 Å². The van der Waals surface area contributed by atoms with E-state index in [-0.39, 0.29) is 5.91 Å². The molecule has 4 nitrogen and oxygen atoms in total. The molecule has 0 radical (unpaired) electrons. The molecule has 1 aromatic heterocycles. The Morgan fingerprint density at radius 1 is 1.47 bits per heavy atom. The zero-order chi connectivity index (χ0) is 14.0. The molecule has 1 aliphatic rings. The predicted molar refractivity (Wildman–Crippen MR) is 82.0 cm³/mol. The Balaban J connectivity index is 2.10. The third kappa shape index (κ3) is 3.03. The van der Waals surface area contributed by atoms with Crippen molar-refractivity contribution in [3.63, 3.8) is 0 Å². The zero-order valence-corrected chi connectivity index (χ0v) is 12.8. The number of thiophene rings is 1. The number of rotatable bonds is 3. The summed E-state index contributed by atoms with van der Waals surface area (Å²) in [6.07, 6.45) is 3.75. The first-order valence-corrected chi connectivity index (χ1v) is 7.70. The Bertz CT molecular complexity index is 448. The number of anilines is 2. The molecule has 5 heteroatoms. The van der Waals surface area contributed by atoms with Crippen molar-refractivity contribution in [2.45, 2.75) is 26.2 Å². The van der Waals surface area contributed by atoms with Crippen LogP contribution in [0.25, 0.3) is 0 Å². The standard InChI is InChI=1S/C14H23N3OS/c1-4-10-5-7-17(8-6-10)12-9-11(15)13(19-12)14(18)16(2)3/h9-10H,4-8,15H2,1-3H3. The summed E-state index contributed by atoms with van der Waals surface area (Å²) in [7, 11) is 3.52. The second-order valence-corrected chi connectivity index (χ2v) is 6.44. The Morgan fingerprint density at radius 2 is 2.11 bits per heavy atom. The molecule has 0 aromatic carbocycles. The van der Waals surface area contributed by atoms with Gasteiger partial charge in [0.2, 0.25) is 0 Å². The molecule has 0 bridgehead atoms. The molecular formula is C14H23N3OS. The fraction of sp³-hybridized carbons (Fsp3) is 0.643. The zero-order valence-electron chi connectivity index (χ0n) is 12.0. The SMILES string of the molecule is CCC1CCN(c2cc(N)c(C(=O)N(C)C)s2)CC1. The number of amides is 1. The van der Waals surface area contributed by atoms with E-state index in [2.05, 4.69) is 11.8 Å². The average molecular weight is 281 g/mol. The minimum atomic E-state index is -0.00260. The first-order chi connectivity index (χ1) is 9.02. The second-order valence-electron chi connectivity index (χ2n) is 5.41. The van der Waals surface area contributed by atoms with Gasteiger partial charge in [0.05, 0.1) is 10.7 Å². The van der Waals surface area contributed by atoms with Crippen LogP contribution in [0.1, 0.15) is 35.9 Å². The van der Waals surface area contributed by atoms with E-state index in [1.807, 2.05) is 6.07 Å². The third-order valence-electron chi connectivity index (χ3n) is 3.85. The van der Waals surface area contributed by atoms with Crippen LogP contribution in [0.3, 0.4) is 0 Å². The highest BCUT2D eigenvalue weighted by atomic mass is 32.1. The van der Waals surface area contributed by atoms with Crippen LogP contribution in [0.2, 0.25) is 0 Å². The van der Waals surface area contributed by atoms with Gasteiger partial charge in [-0.2, -0.15) is 0 Å². The van der Waals surface area contributed by atoms with Gasteiger partial charge in [-0.3, -0.25) is 4.79 Å². The summed E-state index contributed by atoms with van der Waals surface area (Å²) in [5.74, 6) is 0.855. The molecule has 0 saturated carbocycles. The minimum absolute atomic E-state index is 0.00260. The Kier molecular flexibility index (Phi) is 4.34. The monoisotopic (exact) mass is 281 g/mol. The minimum Gasteiger partial charge on any atom is -0.397 e. The fourth-order valence-corrected chi connectivity index (χ4v) is 3.63. The molecule has 0 spiro atoms. The summed E-state index contributed by atoms with van der Waals surface area (Å²) < 4.78 is 0. The van der Waals surface area contributed by atoms with Gasteiger partial charge in [0.15, 0.2) is 0 Å². The highest BCUT2D eigenvalue weighted by molar-refractivity contribution is 7.18. The summed E-state index contributed by atoms with van der Waals surface area (Å²) in [6, 6.07) is 1.95. The predicted octanol–water partition coefficient (Wildman–Crippen LogP) is 2.66. The van der Waals surface area contributed by atoms with Gasteiger partial charge >= 0.3 is 0 Å². The maximum Gasteiger partial charge on any atom is 0.265 e. The van der Waals surface area contributed by atoms with Crippen LogP contribution in [-0.4, -0.2) is 38.0 Å². The van der Waals surface area contributed by atoms with Crippen LogP contribution in [0.4, 0.5) is 10.7 Å². The number of piperidine rings is 1. The molecular weight excluding hydrogens is 258 g/mol. The molecule has 2 N–H and O–H groups in total. The number of carbonyl (C=O) groups is 1. The van der Waals surface area contributed by atoms with Crippen molar-refractivity contribution in [1.29, 1.82) is 0 Å². The van der Waals surface area contributed by atoms with Crippen LogP contribution in [0, 0.1) is 5.92 Å². The van der Waals surface area contributed by atoms with E-state index in [1.165, 1.54) is 30.6 Å². The van der Waals surface area contributed by atoms with Crippen LogP contribution in [-0.2, 0) is 0 Å². The summed E-state index contributed by atoms with van der Waals surface area (Å²) >= 11 is 1.52. The number of hydrogen-bond acceptors (Lipinski definition) is 4. The van der Waals surface area contributed by atoms with Crippen molar-refractivity contribution in [3.8, 4) is 0 Å². The fourth-order valence-electron chi connectivity index (χ4n) is 2.48. The molecule has 1 saturated heterocycles. The maximum absolute atomic E-state index is 12.0. The molecule has 2 rings (SSSR count). The quantitative estimate of drug-likeness (QED) is 0.926. The lowest BCUT2D eigenvalue weighted by Gasteiger charge is -2.32. The molecule has 1 amide bonds. The highest BCUT2D eigenvalue weighted by Gasteiger charge is 2.22. The van der Waals surface area contributed by atoms with Crippen molar-refractivity contribution in [1.82, 2.24) is 4.90 Å². The number of nitrogen functional groups attached to an aromatic ring is 1. The van der Waals surface area contributed by atoms with E-state index in [9.17, 15) is 4.79 Å². The first kappa shape index (κ1) is 14.2. The lowest BCUT2D eigenvalue weighted by molar-refractivity contribution is 0.0833. The van der Waals surface area contributed by atoms with E-state index in [0.29, 0.717) is 10.6 Å². The van der Waals surface area contributed by atoms with Gasteiger partial charge in [0, 0.05) is 27.2 Å². The smallest absolute Gasteiger partial charge is 0.265 e. The van der Waals surface area contributed by atoms with Gasteiger partial charge < -0.3 is 15.5 Å². The molecule has 0 atom stereocenters. The molecule has 1 aliphatic heterocycles. The number of hydrogen-bond donors (Lipinski definition) is 1. The van der Waals surface area contributed by atoms with Crippen molar-refractivity contribution in [2.75, 3.05) is 37.8 Å². The molecule has 1 aromatic rings. The second kappa shape index (κ2) is 5.82. The van der Waals surface area contributed by atoms with Crippen LogP contribution >= 0.6 is 11.3 Å². The Labute approximate surface area is 119 Å². The molecule has 19 heavy (non-hydrogen) atoms. The van der Waals surface area contributed by atoms with Gasteiger partial charge in [-0.15, -0.1) is 11.3 Å². The topological polar surface area (TPSA) is 49.6 Å². The number of nitrogens with two attached hydrogens (primary N) is 1. The van der Waals surface area contributed by atoms with Gasteiger partial charge in [-0.1, -0.05) is 13.3 Å². The summed E-state index contributed by atoms with van der Waals surface area (Å²) in [6.45, 7) is 4.42. The van der Waals surface area contributed by atoms with E-state index in [0.717, 1.165) is 24.0 Å². The van der Waals surface area contributed by atoms with Crippen molar-refractivity contribution in [2.24, 2.45) is 5.92 Å². The summed E-state index contributed by atoms with van der Waals surface area (Å²) in [5, 5.41) is 1.14. The lowest BCUT2D eigenvalue weighted by Crippen LogP contribution is -2.32. The van der Waals surface area contributed by atoms with Gasteiger partial charge in [-0.05, 0) is 24.8 Å². The van der Waals surface area contributed by atoms with Gasteiger partial charge in [0.1, 0.15) is 4.88 Å². The summed E-state index contributed by atoms with van der Waals surface area (Å²) in [5.41, 5.74) is 6.58. The van der Waals surface area contributed by atoms with Crippen LogP contribution < -0.4 is 10.6 Å². The molecule has 106 valence electrons. The van der Waals surface area contributed by atoms with Crippen molar-refractivity contribution < 1.29 is 4.79 Å². The maximum atomic E-state index is 12.0. The molecule has 0 unspecified atom stereocenters. The largest absolute Gasteiger partial charge is 0.397 e. The molecule has 0 aliphatic carbocycles. The Hall–Kier alpha value is -1.23. The lowest BCUT2D eigenvalue weighted by atomic mass is 9.95. The van der Waals surface area contributed by atoms with Gasteiger partial charge in [0.25, 0.3) is 5.91 Å². The van der Waals surface area contributed by atoms with Crippen molar-refractivity contribution in [3.05, 3.63) is 10.9 Å². The van der Waals surface area contributed by atoms with Gasteiger partial charge in [-0.25, -0.2) is 0 Å². The normalized spacial score (nSPS) is 16.7. The van der Waals surface area contributed by atoms with E-state index < -0.39 is 0 Å². The summed E-state index contributed by atoms with van der Waals surface area (Å²) in [4.78, 5) is 16.6. The average Bonchev–Trinajstić information content (AvgIpc) is 2.80. The first-order valence-electron chi connectivity index (χ1n) is 6.88. The van der Waals surface area contributed by atoms with E-state index in [4.69, 9.17) is 5.73 Å². The molecule has 1 fully saturated rings. The van der Waals surface area contributed by atoms with Crippen LogP contribution in [0.5, 0.6) is 0 Å².